The Morgan fingerprint density at radius 2 is 2.22 bits per heavy atom. The van der Waals surface area contributed by atoms with Gasteiger partial charge in [0.25, 0.3) is 0 Å². The fourth-order valence-electron chi connectivity index (χ4n) is 1.66. The highest BCUT2D eigenvalue weighted by Gasteiger charge is 2.11. The molecular formula is C11H14ClN5O. The molecule has 0 saturated carbocycles. The second-order valence-corrected chi connectivity index (χ2v) is 4.17. The monoisotopic (exact) mass is 267 g/mol. The lowest BCUT2D eigenvalue weighted by atomic mass is 10.2. The molecule has 0 fully saturated rings. The van der Waals surface area contributed by atoms with E-state index >= 15 is 0 Å². The molecule has 0 spiro atoms. The molecule has 0 aromatic carbocycles. The van der Waals surface area contributed by atoms with E-state index in [1.165, 1.54) is 13.4 Å². The van der Waals surface area contributed by atoms with Gasteiger partial charge in [-0.1, -0.05) is 11.6 Å². The molecule has 7 heteroatoms. The van der Waals surface area contributed by atoms with Gasteiger partial charge in [0.05, 0.1) is 12.8 Å². The van der Waals surface area contributed by atoms with E-state index in [9.17, 15) is 0 Å². The fourth-order valence-corrected chi connectivity index (χ4v) is 1.87. The molecule has 18 heavy (non-hydrogen) atoms. The van der Waals surface area contributed by atoms with Gasteiger partial charge in [-0.2, -0.15) is 5.10 Å². The Kier molecular flexibility index (Phi) is 3.66. The molecule has 2 heterocycles. The van der Waals surface area contributed by atoms with Gasteiger partial charge in [0.1, 0.15) is 6.33 Å². The van der Waals surface area contributed by atoms with Crippen LogP contribution in [0.3, 0.4) is 0 Å². The van der Waals surface area contributed by atoms with Crippen molar-refractivity contribution in [3.8, 4) is 5.75 Å². The van der Waals surface area contributed by atoms with Crippen molar-refractivity contribution in [2.24, 2.45) is 7.05 Å². The van der Waals surface area contributed by atoms with Gasteiger partial charge in [-0.15, -0.1) is 0 Å². The zero-order valence-electron chi connectivity index (χ0n) is 10.4. The molecule has 0 aliphatic rings. The number of methoxy groups -OCH3 is 1. The van der Waals surface area contributed by atoms with E-state index in [-0.39, 0.29) is 5.15 Å². The van der Waals surface area contributed by atoms with Crippen LogP contribution in [0.25, 0.3) is 0 Å². The normalized spacial score (nSPS) is 10.4. The first-order valence-electron chi connectivity index (χ1n) is 5.39. The van der Waals surface area contributed by atoms with Crippen molar-refractivity contribution in [2.45, 2.75) is 13.5 Å². The molecular weight excluding hydrogens is 254 g/mol. The molecule has 1 N–H and O–H groups in total. The molecule has 6 nitrogen and oxygen atoms in total. The van der Waals surface area contributed by atoms with Gasteiger partial charge >= 0.3 is 0 Å². The van der Waals surface area contributed by atoms with Crippen LogP contribution < -0.4 is 10.1 Å². The third-order valence-electron chi connectivity index (χ3n) is 2.53. The van der Waals surface area contributed by atoms with Gasteiger partial charge in [0.2, 0.25) is 0 Å². The summed E-state index contributed by atoms with van der Waals surface area (Å²) >= 11 is 5.91. The van der Waals surface area contributed by atoms with E-state index in [0.29, 0.717) is 18.1 Å². The highest BCUT2D eigenvalue weighted by molar-refractivity contribution is 6.31. The van der Waals surface area contributed by atoms with Crippen molar-refractivity contribution >= 4 is 17.4 Å². The number of nitrogens with zero attached hydrogens (tertiary/aromatic N) is 4. The SMILES string of the molecule is COc1c(Cl)ncnc1NCc1cn(C)nc1C. The van der Waals surface area contributed by atoms with E-state index < -0.39 is 0 Å². The Hall–Kier alpha value is -1.82. The van der Waals surface area contributed by atoms with Crippen LogP contribution in [0.4, 0.5) is 5.82 Å². The summed E-state index contributed by atoms with van der Waals surface area (Å²) in [5.74, 6) is 1.02. The summed E-state index contributed by atoms with van der Waals surface area (Å²) in [7, 11) is 3.42. The van der Waals surface area contributed by atoms with Gasteiger partial charge in [-0.05, 0) is 6.92 Å². The molecule has 0 saturated heterocycles. The first-order chi connectivity index (χ1) is 8.61. The van der Waals surface area contributed by atoms with Crippen LogP contribution in [0.2, 0.25) is 5.15 Å². The van der Waals surface area contributed by atoms with Gasteiger partial charge in [-0.3, -0.25) is 4.68 Å². The van der Waals surface area contributed by atoms with Crippen LogP contribution in [0.15, 0.2) is 12.5 Å². The average Bonchev–Trinajstić information content (AvgIpc) is 2.65. The fraction of sp³-hybridized carbons (Fsp3) is 0.364. The quantitative estimate of drug-likeness (QED) is 0.856. The third kappa shape index (κ3) is 2.53. The molecule has 0 aliphatic heterocycles. The number of hydrogen-bond donors (Lipinski definition) is 1. The average molecular weight is 268 g/mol. The predicted molar refractivity (Wildman–Crippen MR) is 68.9 cm³/mol. The summed E-state index contributed by atoms with van der Waals surface area (Å²) in [5, 5.41) is 7.72. The highest BCUT2D eigenvalue weighted by Crippen LogP contribution is 2.28. The van der Waals surface area contributed by atoms with Gasteiger partial charge in [-0.25, -0.2) is 9.97 Å². The Bertz CT molecular complexity index is 554. The molecule has 96 valence electrons. The lowest BCUT2D eigenvalue weighted by Crippen LogP contribution is -2.04. The Morgan fingerprint density at radius 1 is 1.44 bits per heavy atom. The van der Waals surface area contributed by atoms with Crippen LogP contribution in [-0.2, 0) is 13.6 Å². The number of nitrogens with one attached hydrogen (secondary N) is 1. The molecule has 2 aromatic heterocycles. The lowest BCUT2D eigenvalue weighted by Gasteiger charge is -2.09. The van der Waals surface area contributed by atoms with Crippen molar-refractivity contribution < 1.29 is 4.74 Å². The van der Waals surface area contributed by atoms with Crippen molar-refractivity contribution in [3.63, 3.8) is 0 Å². The molecule has 0 radical (unpaired) electrons. The molecule has 0 atom stereocenters. The van der Waals surface area contributed by atoms with E-state index in [1.807, 2.05) is 20.2 Å². The maximum absolute atomic E-state index is 5.91. The lowest BCUT2D eigenvalue weighted by molar-refractivity contribution is 0.413. The Labute approximate surface area is 110 Å². The topological polar surface area (TPSA) is 64.9 Å². The summed E-state index contributed by atoms with van der Waals surface area (Å²) < 4.78 is 6.93. The van der Waals surface area contributed by atoms with Crippen molar-refractivity contribution in [2.75, 3.05) is 12.4 Å². The maximum atomic E-state index is 5.91. The second-order valence-electron chi connectivity index (χ2n) is 3.81. The smallest absolute Gasteiger partial charge is 0.198 e. The van der Waals surface area contributed by atoms with Crippen LogP contribution in [-0.4, -0.2) is 26.9 Å². The molecule has 2 aromatic rings. The number of anilines is 1. The van der Waals surface area contributed by atoms with Crippen molar-refractivity contribution in [3.05, 3.63) is 28.9 Å². The van der Waals surface area contributed by atoms with Gasteiger partial charge in [0.15, 0.2) is 16.7 Å². The molecule has 0 amide bonds. The molecule has 0 bridgehead atoms. The highest BCUT2D eigenvalue weighted by atomic mass is 35.5. The Balaban J connectivity index is 2.15. The first kappa shape index (κ1) is 12.6. The summed E-state index contributed by atoms with van der Waals surface area (Å²) in [6.07, 6.45) is 3.35. The number of hydrogen-bond acceptors (Lipinski definition) is 5. The van der Waals surface area contributed by atoms with E-state index in [1.54, 1.807) is 4.68 Å². The van der Waals surface area contributed by atoms with Gasteiger partial charge in [0, 0.05) is 25.4 Å². The number of aromatic nitrogens is 4. The van der Waals surface area contributed by atoms with Crippen LogP contribution in [0, 0.1) is 6.92 Å². The zero-order chi connectivity index (χ0) is 13.1. The van der Waals surface area contributed by atoms with Crippen LogP contribution in [0.5, 0.6) is 5.75 Å². The van der Waals surface area contributed by atoms with Crippen LogP contribution in [0.1, 0.15) is 11.3 Å². The molecule has 2 rings (SSSR count). The second kappa shape index (κ2) is 5.22. The summed E-state index contributed by atoms with van der Waals surface area (Å²) in [5.41, 5.74) is 2.07. The summed E-state index contributed by atoms with van der Waals surface area (Å²) in [6.45, 7) is 2.56. The van der Waals surface area contributed by atoms with Crippen molar-refractivity contribution in [1.29, 1.82) is 0 Å². The predicted octanol–water partition coefficient (Wildman–Crippen LogP) is 1.79. The number of aryl methyl sites for hydroxylation is 2. The summed E-state index contributed by atoms with van der Waals surface area (Å²) in [6, 6.07) is 0. The van der Waals surface area contributed by atoms with E-state index in [0.717, 1.165) is 11.3 Å². The number of rotatable bonds is 4. The molecule has 0 unspecified atom stereocenters. The number of halogens is 1. The Morgan fingerprint density at radius 3 is 2.83 bits per heavy atom. The van der Waals surface area contributed by atoms with Gasteiger partial charge < -0.3 is 10.1 Å². The van der Waals surface area contributed by atoms with Crippen molar-refractivity contribution in [1.82, 2.24) is 19.7 Å². The zero-order valence-corrected chi connectivity index (χ0v) is 11.2. The minimum absolute atomic E-state index is 0.290. The maximum Gasteiger partial charge on any atom is 0.198 e. The minimum atomic E-state index is 0.290. The van der Waals surface area contributed by atoms with E-state index in [2.05, 4.69) is 20.4 Å². The minimum Gasteiger partial charge on any atom is -0.490 e. The standard InChI is InChI=1S/C11H14ClN5O/c1-7-8(5-17(2)16-7)4-13-11-9(18-3)10(12)14-6-15-11/h5-6H,4H2,1-3H3,(H,13,14,15). The third-order valence-corrected chi connectivity index (χ3v) is 2.80. The first-order valence-corrected chi connectivity index (χ1v) is 5.77. The van der Waals surface area contributed by atoms with Crippen LogP contribution >= 0.6 is 11.6 Å². The summed E-state index contributed by atoms with van der Waals surface area (Å²) in [4.78, 5) is 7.96. The molecule has 0 aliphatic carbocycles. The largest absolute Gasteiger partial charge is 0.490 e. The number of ether oxygens (including phenoxy) is 1. The van der Waals surface area contributed by atoms with E-state index in [4.69, 9.17) is 16.3 Å².